The van der Waals surface area contributed by atoms with Gasteiger partial charge >= 0.3 is 0 Å². The lowest BCUT2D eigenvalue weighted by Gasteiger charge is -2.28. The van der Waals surface area contributed by atoms with Gasteiger partial charge in [-0.2, -0.15) is 0 Å². The highest BCUT2D eigenvalue weighted by atomic mass is 35.5. The topological polar surface area (TPSA) is 20.3 Å². The molecule has 2 aromatic rings. The summed E-state index contributed by atoms with van der Waals surface area (Å²) in [5.41, 5.74) is 0.633. The number of hydrogen-bond acceptors (Lipinski definition) is 2. The maximum absolute atomic E-state index is 14.0. The van der Waals surface area contributed by atoms with Crippen molar-refractivity contribution in [3.63, 3.8) is 0 Å². The predicted octanol–water partition coefficient (Wildman–Crippen LogP) is 4.63. The van der Waals surface area contributed by atoms with Gasteiger partial charge in [-0.1, -0.05) is 23.7 Å². The van der Waals surface area contributed by atoms with Crippen molar-refractivity contribution in [1.82, 2.24) is 0 Å². The Morgan fingerprint density at radius 2 is 1.81 bits per heavy atom. The molecule has 0 bridgehead atoms. The van der Waals surface area contributed by atoms with Gasteiger partial charge in [-0.3, -0.25) is 4.79 Å². The van der Waals surface area contributed by atoms with E-state index in [-0.39, 0.29) is 17.3 Å². The standard InChI is InChI=1S/C16H14ClF2NO/c1-10(12-4-3-5-13(17)8-12)20(2)16-14(18)6-11(9-21)7-15(16)19/h3-10H,1-2H3. The van der Waals surface area contributed by atoms with E-state index >= 15 is 0 Å². The van der Waals surface area contributed by atoms with Crippen molar-refractivity contribution in [2.45, 2.75) is 13.0 Å². The largest absolute Gasteiger partial charge is 0.363 e. The molecule has 2 rings (SSSR count). The summed E-state index contributed by atoms with van der Waals surface area (Å²) in [4.78, 5) is 12.1. The van der Waals surface area contributed by atoms with Crippen molar-refractivity contribution in [3.8, 4) is 0 Å². The number of rotatable bonds is 4. The molecule has 0 aromatic heterocycles. The molecule has 1 atom stereocenters. The van der Waals surface area contributed by atoms with Gasteiger partial charge < -0.3 is 4.90 Å². The van der Waals surface area contributed by atoms with Crippen molar-refractivity contribution in [2.75, 3.05) is 11.9 Å². The highest BCUT2D eigenvalue weighted by Crippen LogP contribution is 2.31. The molecule has 0 fully saturated rings. The van der Waals surface area contributed by atoms with Crippen LogP contribution < -0.4 is 4.90 Å². The smallest absolute Gasteiger partial charge is 0.150 e. The lowest BCUT2D eigenvalue weighted by Crippen LogP contribution is -2.24. The van der Waals surface area contributed by atoms with Crippen LogP contribution >= 0.6 is 11.6 Å². The van der Waals surface area contributed by atoms with Gasteiger partial charge in [0.2, 0.25) is 0 Å². The summed E-state index contributed by atoms with van der Waals surface area (Å²) in [6.07, 6.45) is 0.413. The van der Waals surface area contributed by atoms with E-state index in [9.17, 15) is 13.6 Å². The first-order valence-corrected chi connectivity index (χ1v) is 6.74. The number of carbonyl (C=O) groups is 1. The van der Waals surface area contributed by atoms with Gasteiger partial charge in [0, 0.05) is 17.6 Å². The number of nitrogens with zero attached hydrogens (tertiary/aromatic N) is 1. The average Bonchev–Trinajstić information content (AvgIpc) is 2.45. The second kappa shape index (κ2) is 6.22. The first-order chi connectivity index (χ1) is 9.93. The van der Waals surface area contributed by atoms with Crippen LogP contribution in [0.15, 0.2) is 36.4 Å². The first-order valence-electron chi connectivity index (χ1n) is 6.36. The van der Waals surface area contributed by atoms with Gasteiger partial charge in [0.05, 0.1) is 6.04 Å². The Balaban J connectivity index is 2.40. The molecule has 0 saturated heterocycles. The summed E-state index contributed by atoms with van der Waals surface area (Å²) in [6, 6.07) is 8.86. The molecular weight excluding hydrogens is 296 g/mol. The SMILES string of the molecule is CC(c1cccc(Cl)c1)N(C)c1c(F)cc(C=O)cc1F. The zero-order chi connectivity index (χ0) is 15.6. The molecule has 0 radical (unpaired) electrons. The molecule has 0 N–H and O–H groups in total. The fourth-order valence-electron chi connectivity index (χ4n) is 2.17. The summed E-state index contributed by atoms with van der Waals surface area (Å²) < 4.78 is 28.1. The van der Waals surface area contributed by atoms with E-state index in [1.54, 1.807) is 25.2 Å². The molecule has 0 aliphatic carbocycles. The quantitative estimate of drug-likeness (QED) is 0.768. The predicted molar refractivity (Wildman–Crippen MR) is 80.0 cm³/mol. The van der Waals surface area contributed by atoms with Crippen LogP contribution in [0.5, 0.6) is 0 Å². The molecule has 0 amide bonds. The average molecular weight is 310 g/mol. The zero-order valence-electron chi connectivity index (χ0n) is 11.6. The minimum atomic E-state index is -0.770. The van der Waals surface area contributed by atoms with Crippen LogP contribution in [0.25, 0.3) is 0 Å². The van der Waals surface area contributed by atoms with Crippen LogP contribution in [0.3, 0.4) is 0 Å². The van der Waals surface area contributed by atoms with E-state index in [2.05, 4.69) is 0 Å². The Kier molecular flexibility index (Phi) is 4.58. The fourth-order valence-corrected chi connectivity index (χ4v) is 2.37. The number of halogens is 3. The van der Waals surface area contributed by atoms with Gasteiger partial charge in [-0.05, 0) is 36.8 Å². The highest BCUT2D eigenvalue weighted by molar-refractivity contribution is 6.30. The van der Waals surface area contributed by atoms with E-state index in [1.165, 1.54) is 4.90 Å². The summed E-state index contributed by atoms with van der Waals surface area (Å²) in [7, 11) is 1.59. The Morgan fingerprint density at radius 3 is 2.33 bits per heavy atom. The summed E-state index contributed by atoms with van der Waals surface area (Å²) in [6.45, 7) is 1.82. The lowest BCUT2D eigenvalue weighted by atomic mass is 10.1. The number of anilines is 1. The molecule has 0 aliphatic heterocycles. The maximum atomic E-state index is 14.0. The number of benzene rings is 2. The Morgan fingerprint density at radius 1 is 1.19 bits per heavy atom. The van der Waals surface area contributed by atoms with Gasteiger partial charge in [-0.25, -0.2) is 8.78 Å². The minimum absolute atomic E-state index is 0.0300. The third kappa shape index (κ3) is 3.22. The summed E-state index contributed by atoms with van der Waals surface area (Å²) >= 11 is 5.94. The van der Waals surface area contributed by atoms with Crippen molar-refractivity contribution < 1.29 is 13.6 Å². The van der Waals surface area contributed by atoms with Crippen LogP contribution in [0.2, 0.25) is 5.02 Å². The third-order valence-corrected chi connectivity index (χ3v) is 3.68. The Labute approximate surface area is 127 Å². The van der Waals surface area contributed by atoms with Gasteiger partial charge in [0.15, 0.2) is 0 Å². The molecule has 0 heterocycles. The monoisotopic (exact) mass is 309 g/mol. The van der Waals surface area contributed by atoms with E-state index in [1.807, 2.05) is 13.0 Å². The van der Waals surface area contributed by atoms with E-state index in [0.717, 1.165) is 17.7 Å². The molecular formula is C16H14ClF2NO. The molecule has 0 spiro atoms. The Hall–Kier alpha value is -1.94. The molecule has 0 saturated carbocycles. The fraction of sp³-hybridized carbons (Fsp3) is 0.188. The number of hydrogen-bond donors (Lipinski definition) is 0. The molecule has 110 valence electrons. The molecule has 1 unspecified atom stereocenters. The second-order valence-electron chi connectivity index (χ2n) is 4.79. The van der Waals surface area contributed by atoms with Crippen molar-refractivity contribution >= 4 is 23.6 Å². The van der Waals surface area contributed by atoms with Gasteiger partial charge in [-0.15, -0.1) is 0 Å². The first kappa shape index (κ1) is 15.4. The maximum Gasteiger partial charge on any atom is 0.150 e. The zero-order valence-corrected chi connectivity index (χ0v) is 12.4. The normalized spacial score (nSPS) is 12.0. The lowest BCUT2D eigenvalue weighted by molar-refractivity contribution is 0.112. The van der Waals surface area contributed by atoms with Crippen LogP contribution in [-0.2, 0) is 0 Å². The molecule has 2 nitrogen and oxygen atoms in total. The molecule has 5 heteroatoms. The number of carbonyl (C=O) groups excluding carboxylic acids is 1. The van der Waals surface area contributed by atoms with Crippen LogP contribution in [0.4, 0.5) is 14.5 Å². The van der Waals surface area contributed by atoms with E-state index in [4.69, 9.17) is 11.6 Å². The minimum Gasteiger partial charge on any atom is -0.363 e. The molecule has 2 aromatic carbocycles. The molecule has 21 heavy (non-hydrogen) atoms. The Bertz CT molecular complexity index is 652. The summed E-state index contributed by atoms with van der Waals surface area (Å²) in [5.74, 6) is -1.54. The van der Waals surface area contributed by atoms with Crippen molar-refractivity contribution in [2.24, 2.45) is 0 Å². The van der Waals surface area contributed by atoms with Gasteiger partial charge in [0.25, 0.3) is 0 Å². The van der Waals surface area contributed by atoms with Crippen molar-refractivity contribution in [3.05, 3.63) is 64.2 Å². The van der Waals surface area contributed by atoms with E-state index < -0.39 is 11.6 Å². The third-order valence-electron chi connectivity index (χ3n) is 3.44. The highest BCUT2D eigenvalue weighted by Gasteiger charge is 2.20. The van der Waals surface area contributed by atoms with E-state index in [0.29, 0.717) is 11.3 Å². The van der Waals surface area contributed by atoms with Gasteiger partial charge in [0.1, 0.15) is 23.6 Å². The van der Waals surface area contributed by atoms with Crippen molar-refractivity contribution in [1.29, 1.82) is 0 Å². The molecule has 0 aliphatic rings. The van der Waals surface area contributed by atoms with Crippen LogP contribution in [0.1, 0.15) is 28.9 Å². The van der Waals surface area contributed by atoms with Crippen LogP contribution in [-0.4, -0.2) is 13.3 Å². The van der Waals surface area contributed by atoms with Crippen LogP contribution in [0, 0.1) is 11.6 Å². The summed E-state index contributed by atoms with van der Waals surface area (Å²) in [5, 5.41) is 0.560. The second-order valence-corrected chi connectivity index (χ2v) is 5.23. The number of aldehydes is 1.